The molecule has 0 bridgehead atoms. The second-order valence-corrected chi connectivity index (χ2v) is 14.6. The number of aryl methyl sites for hydroxylation is 1. The fraction of sp³-hybridized carbons (Fsp3) is 0.541. The molecule has 6 rings (SSSR count). The zero-order chi connectivity index (χ0) is 31.9. The molecule has 46 heavy (non-hydrogen) atoms. The normalized spacial score (nSPS) is 19.6. The summed E-state index contributed by atoms with van der Waals surface area (Å²) < 4.78 is 6.58. The van der Waals surface area contributed by atoms with Gasteiger partial charge in [0.2, 0.25) is 11.8 Å². The standard InChI is InChI=1S/C37H48N4O4S/c1-27-9-10-30-25-33(46-32(30)23-27)35(43)39-37(15-5-6-16-37)36(44)38-31(24-28-7-3-2-4-8-28)11-12-34(42)41-19-17-40(18-20-41)26-29-13-21-45-22-14-29/h2-4,7-10,23,25,29,31H,5-6,11-22,24,26H2,1H3,(H,38,44)(H,39,43)/t31-/m0/s1. The van der Waals surface area contributed by atoms with E-state index in [4.69, 9.17) is 4.74 Å². The predicted molar refractivity (Wildman–Crippen MR) is 183 cm³/mol. The van der Waals surface area contributed by atoms with Gasteiger partial charge in [0.15, 0.2) is 0 Å². The van der Waals surface area contributed by atoms with Crippen LogP contribution in [-0.4, -0.2) is 85.0 Å². The van der Waals surface area contributed by atoms with Crippen molar-refractivity contribution < 1.29 is 19.1 Å². The van der Waals surface area contributed by atoms with Gasteiger partial charge in [-0.25, -0.2) is 0 Å². The lowest BCUT2D eigenvalue weighted by molar-refractivity contribution is -0.134. The van der Waals surface area contributed by atoms with Crippen molar-refractivity contribution in [1.82, 2.24) is 20.4 Å². The van der Waals surface area contributed by atoms with Crippen molar-refractivity contribution in [1.29, 1.82) is 0 Å². The maximum absolute atomic E-state index is 14.1. The third-order valence-corrected chi connectivity index (χ3v) is 11.2. The van der Waals surface area contributed by atoms with E-state index in [0.717, 1.165) is 92.8 Å². The Hall–Kier alpha value is -3.27. The van der Waals surface area contributed by atoms with Gasteiger partial charge in [-0.1, -0.05) is 55.3 Å². The van der Waals surface area contributed by atoms with Crippen molar-refractivity contribution in [2.45, 2.75) is 76.3 Å². The molecule has 9 heteroatoms. The van der Waals surface area contributed by atoms with E-state index in [2.05, 4.69) is 39.8 Å². The van der Waals surface area contributed by atoms with Crippen molar-refractivity contribution in [2.24, 2.45) is 5.92 Å². The highest BCUT2D eigenvalue weighted by atomic mass is 32.1. The lowest BCUT2D eigenvalue weighted by Gasteiger charge is -2.37. The van der Waals surface area contributed by atoms with E-state index in [0.29, 0.717) is 42.9 Å². The molecule has 3 aromatic rings. The average Bonchev–Trinajstić information content (AvgIpc) is 3.73. The van der Waals surface area contributed by atoms with Crippen molar-refractivity contribution in [2.75, 3.05) is 45.9 Å². The molecule has 2 saturated heterocycles. The van der Waals surface area contributed by atoms with Crippen molar-refractivity contribution >= 4 is 39.1 Å². The minimum atomic E-state index is -0.942. The van der Waals surface area contributed by atoms with Gasteiger partial charge in [-0.15, -0.1) is 11.3 Å². The molecule has 3 fully saturated rings. The van der Waals surface area contributed by atoms with Gasteiger partial charge in [0.05, 0.1) is 4.88 Å². The molecule has 3 aliphatic rings. The van der Waals surface area contributed by atoms with E-state index in [1.165, 1.54) is 11.3 Å². The third-order valence-electron chi connectivity index (χ3n) is 10.1. The van der Waals surface area contributed by atoms with Crippen LogP contribution < -0.4 is 10.6 Å². The van der Waals surface area contributed by atoms with Crippen LogP contribution >= 0.6 is 11.3 Å². The Kier molecular flexibility index (Phi) is 10.7. The van der Waals surface area contributed by atoms with Gasteiger partial charge in [-0.3, -0.25) is 19.3 Å². The summed E-state index contributed by atoms with van der Waals surface area (Å²) in [5.41, 5.74) is 1.33. The maximum Gasteiger partial charge on any atom is 0.262 e. The summed E-state index contributed by atoms with van der Waals surface area (Å²) in [5.74, 6) is 0.523. The van der Waals surface area contributed by atoms with Gasteiger partial charge in [0.25, 0.3) is 5.91 Å². The van der Waals surface area contributed by atoms with E-state index in [-0.39, 0.29) is 23.8 Å². The third kappa shape index (κ3) is 8.17. The van der Waals surface area contributed by atoms with Crippen LogP contribution in [0.15, 0.2) is 54.6 Å². The number of nitrogens with zero attached hydrogens (tertiary/aromatic N) is 2. The lowest BCUT2D eigenvalue weighted by atomic mass is 9.93. The number of fused-ring (bicyclic) bond motifs is 1. The van der Waals surface area contributed by atoms with Gasteiger partial charge in [0, 0.05) is 63.1 Å². The van der Waals surface area contributed by atoms with Gasteiger partial charge in [-0.2, -0.15) is 0 Å². The highest BCUT2D eigenvalue weighted by Crippen LogP contribution is 2.33. The van der Waals surface area contributed by atoms with Crippen LogP contribution in [0, 0.1) is 12.8 Å². The molecule has 0 spiro atoms. The zero-order valence-corrected chi connectivity index (χ0v) is 27.9. The van der Waals surface area contributed by atoms with Crippen LogP contribution in [0.2, 0.25) is 0 Å². The number of amides is 3. The maximum atomic E-state index is 14.1. The van der Waals surface area contributed by atoms with Gasteiger partial charge in [0.1, 0.15) is 5.54 Å². The van der Waals surface area contributed by atoms with Crippen molar-refractivity contribution in [3.63, 3.8) is 0 Å². The first-order valence-corrected chi connectivity index (χ1v) is 17.9. The molecular weight excluding hydrogens is 596 g/mol. The summed E-state index contributed by atoms with van der Waals surface area (Å²) in [6.07, 6.45) is 6.85. The molecule has 3 heterocycles. The SMILES string of the molecule is Cc1ccc2cc(C(=O)NC3(C(=O)N[C@@H](CCC(=O)N4CCN(CC5CCOCC5)CC4)Cc4ccccc4)CCCC3)sc2c1. The van der Waals surface area contributed by atoms with Crippen LogP contribution in [0.4, 0.5) is 0 Å². The minimum Gasteiger partial charge on any atom is -0.381 e. The van der Waals surface area contributed by atoms with E-state index in [1.807, 2.05) is 42.2 Å². The largest absolute Gasteiger partial charge is 0.381 e. The Balaban J connectivity index is 1.07. The van der Waals surface area contributed by atoms with Gasteiger partial charge >= 0.3 is 0 Å². The predicted octanol–water partition coefficient (Wildman–Crippen LogP) is 5.33. The summed E-state index contributed by atoms with van der Waals surface area (Å²) in [6, 6.07) is 18.0. The number of piperazine rings is 1. The topological polar surface area (TPSA) is 91.0 Å². The fourth-order valence-corrected chi connectivity index (χ4v) is 8.35. The Morgan fingerprint density at radius 2 is 1.72 bits per heavy atom. The highest BCUT2D eigenvalue weighted by Gasteiger charge is 2.43. The van der Waals surface area contributed by atoms with E-state index in [1.54, 1.807) is 0 Å². The number of thiophene rings is 1. The molecule has 0 radical (unpaired) electrons. The molecule has 1 aliphatic carbocycles. The molecule has 3 amide bonds. The van der Waals surface area contributed by atoms with Crippen molar-refractivity contribution in [3.8, 4) is 0 Å². The molecule has 2 N–H and O–H groups in total. The number of ether oxygens (including phenoxy) is 1. The molecule has 246 valence electrons. The summed E-state index contributed by atoms with van der Waals surface area (Å²) >= 11 is 1.47. The lowest BCUT2D eigenvalue weighted by Crippen LogP contribution is -2.59. The Labute approximate surface area is 276 Å². The van der Waals surface area contributed by atoms with Crippen molar-refractivity contribution in [3.05, 3.63) is 70.6 Å². The Bertz CT molecular complexity index is 1490. The summed E-state index contributed by atoms with van der Waals surface area (Å²) in [5, 5.41) is 7.53. The van der Waals surface area contributed by atoms with E-state index in [9.17, 15) is 14.4 Å². The number of rotatable bonds is 11. The van der Waals surface area contributed by atoms with Crippen LogP contribution in [0.5, 0.6) is 0 Å². The molecule has 8 nitrogen and oxygen atoms in total. The first kappa shape index (κ1) is 32.7. The second kappa shape index (κ2) is 15.1. The first-order chi connectivity index (χ1) is 22.4. The molecule has 2 aliphatic heterocycles. The highest BCUT2D eigenvalue weighted by molar-refractivity contribution is 7.20. The monoisotopic (exact) mass is 644 g/mol. The molecule has 1 saturated carbocycles. The number of nitrogens with one attached hydrogen (secondary N) is 2. The molecule has 0 unspecified atom stereocenters. The molecule has 1 aromatic heterocycles. The molecule has 1 atom stereocenters. The minimum absolute atomic E-state index is 0.134. The van der Waals surface area contributed by atoms with Crippen LogP contribution in [0.25, 0.3) is 10.1 Å². The summed E-state index contributed by atoms with van der Waals surface area (Å²) in [7, 11) is 0. The van der Waals surface area contributed by atoms with Gasteiger partial charge in [-0.05, 0) is 80.0 Å². The number of hydrogen-bond donors (Lipinski definition) is 2. The summed E-state index contributed by atoms with van der Waals surface area (Å²) in [6.45, 7) is 8.20. The average molecular weight is 645 g/mol. The van der Waals surface area contributed by atoms with Crippen LogP contribution in [0.3, 0.4) is 0 Å². The zero-order valence-electron chi connectivity index (χ0n) is 27.1. The molecule has 2 aromatic carbocycles. The fourth-order valence-electron chi connectivity index (χ4n) is 7.29. The van der Waals surface area contributed by atoms with E-state index >= 15 is 0 Å². The number of carbonyl (C=O) groups excluding carboxylic acids is 3. The Morgan fingerprint density at radius 3 is 2.46 bits per heavy atom. The Morgan fingerprint density at radius 1 is 0.978 bits per heavy atom. The second-order valence-electron chi connectivity index (χ2n) is 13.5. The quantitative estimate of drug-likeness (QED) is 0.295. The first-order valence-electron chi connectivity index (χ1n) is 17.1. The van der Waals surface area contributed by atoms with Crippen LogP contribution in [-0.2, 0) is 20.7 Å². The molecular formula is C37H48N4O4S. The number of benzene rings is 2. The van der Waals surface area contributed by atoms with E-state index < -0.39 is 5.54 Å². The number of hydrogen-bond acceptors (Lipinski definition) is 6. The smallest absolute Gasteiger partial charge is 0.262 e. The summed E-state index contributed by atoms with van der Waals surface area (Å²) in [4.78, 5) is 46.1. The van der Waals surface area contributed by atoms with Gasteiger partial charge < -0.3 is 20.3 Å². The van der Waals surface area contributed by atoms with Crippen LogP contribution in [0.1, 0.15) is 72.2 Å². The number of carbonyl (C=O) groups is 3.